The largest absolute Gasteiger partial charge is 0.342 e. The van der Waals surface area contributed by atoms with Gasteiger partial charge in [-0.3, -0.25) is 14.4 Å². The molecule has 1 saturated heterocycles. The number of ketones is 2. The van der Waals surface area contributed by atoms with Gasteiger partial charge in [0.1, 0.15) is 23.4 Å². The van der Waals surface area contributed by atoms with Crippen molar-refractivity contribution in [2.75, 3.05) is 19.0 Å². The predicted octanol–water partition coefficient (Wildman–Crippen LogP) is 3.54. The third kappa shape index (κ3) is 3.86. The molecule has 2 aliphatic rings. The third-order valence-electron chi connectivity index (χ3n) is 6.19. The summed E-state index contributed by atoms with van der Waals surface area (Å²) in [6.45, 7) is 6.82. The van der Waals surface area contributed by atoms with E-state index < -0.39 is 5.92 Å². The maximum Gasteiger partial charge on any atom is 0.237 e. The molecule has 3 rings (SSSR count). The second-order valence-electron chi connectivity index (χ2n) is 8.13. The smallest absolute Gasteiger partial charge is 0.237 e. The fourth-order valence-electron chi connectivity index (χ4n) is 4.82. The SMILES string of the molecule is CC#Cc1cc(C)c(C2C(=O)CC3(CCN(C(=O)CCl)CC3)CC2=O)c(C)c1. The zero-order chi connectivity index (χ0) is 20.5. The molecule has 1 aliphatic heterocycles. The van der Waals surface area contributed by atoms with Gasteiger partial charge in [0, 0.05) is 31.5 Å². The molecule has 0 aromatic heterocycles. The Kier molecular flexibility index (Phi) is 5.95. The number of carbonyl (C=O) groups excluding carboxylic acids is 3. The molecule has 1 amide bonds. The van der Waals surface area contributed by atoms with E-state index >= 15 is 0 Å². The molecule has 1 saturated carbocycles. The minimum absolute atomic E-state index is 0.00824. The van der Waals surface area contributed by atoms with E-state index in [1.807, 2.05) is 26.0 Å². The van der Waals surface area contributed by atoms with Gasteiger partial charge in [0.15, 0.2) is 0 Å². The van der Waals surface area contributed by atoms with Gasteiger partial charge in [0.05, 0.1) is 0 Å². The van der Waals surface area contributed by atoms with E-state index in [-0.39, 0.29) is 28.8 Å². The van der Waals surface area contributed by atoms with Crippen molar-refractivity contribution in [1.29, 1.82) is 0 Å². The number of amides is 1. The lowest BCUT2D eigenvalue weighted by molar-refractivity contribution is -0.139. The molecule has 1 aromatic rings. The number of hydrogen-bond donors (Lipinski definition) is 0. The number of rotatable bonds is 2. The van der Waals surface area contributed by atoms with Crippen LogP contribution in [0.5, 0.6) is 0 Å². The summed E-state index contributed by atoms with van der Waals surface area (Å²) in [5.41, 5.74) is 3.35. The number of halogens is 1. The van der Waals surface area contributed by atoms with Gasteiger partial charge in [-0.15, -0.1) is 17.5 Å². The highest BCUT2D eigenvalue weighted by Gasteiger charge is 2.47. The maximum atomic E-state index is 13.1. The molecular formula is C23H26ClNO3. The predicted molar refractivity (Wildman–Crippen MR) is 109 cm³/mol. The van der Waals surface area contributed by atoms with E-state index in [0.29, 0.717) is 38.8 Å². The second kappa shape index (κ2) is 8.09. The lowest BCUT2D eigenvalue weighted by atomic mass is 9.62. The standard InChI is InChI=1S/C23H26ClNO3/c1-4-5-17-10-15(2)21(16(3)11-17)22-18(26)12-23(13-19(22)27)6-8-25(9-7-23)20(28)14-24/h10-11,22H,6-9,12-14H2,1-3H3. The first-order valence-corrected chi connectivity index (χ1v) is 10.3. The molecule has 0 radical (unpaired) electrons. The normalized spacial score (nSPS) is 19.5. The van der Waals surface area contributed by atoms with Crippen LogP contribution in [-0.2, 0) is 14.4 Å². The molecule has 0 unspecified atom stereocenters. The van der Waals surface area contributed by atoms with Gasteiger partial charge in [-0.1, -0.05) is 5.92 Å². The Bertz CT molecular complexity index is 842. The molecule has 1 heterocycles. The number of hydrogen-bond acceptors (Lipinski definition) is 3. The minimum Gasteiger partial charge on any atom is -0.342 e. The van der Waals surface area contributed by atoms with Gasteiger partial charge in [0.2, 0.25) is 5.91 Å². The van der Waals surface area contributed by atoms with Crippen LogP contribution >= 0.6 is 11.6 Å². The van der Waals surface area contributed by atoms with Crippen LogP contribution < -0.4 is 0 Å². The van der Waals surface area contributed by atoms with Crippen molar-refractivity contribution in [3.63, 3.8) is 0 Å². The van der Waals surface area contributed by atoms with E-state index in [1.54, 1.807) is 11.8 Å². The van der Waals surface area contributed by atoms with Crippen LogP contribution in [0.1, 0.15) is 60.8 Å². The molecule has 148 valence electrons. The van der Waals surface area contributed by atoms with E-state index in [2.05, 4.69) is 11.8 Å². The Morgan fingerprint density at radius 3 is 2.14 bits per heavy atom. The van der Waals surface area contributed by atoms with Crippen molar-refractivity contribution in [1.82, 2.24) is 4.90 Å². The van der Waals surface area contributed by atoms with Crippen LogP contribution in [-0.4, -0.2) is 41.3 Å². The number of nitrogens with zero attached hydrogens (tertiary/aromatic N) is 1. The molecule has 0 atom stereocenters. The number of benzene rings is 1. The number of likely N-dealkylation sites (tertiary alicyclic amines) is 1. The Labute approximate surface area is 171 Å². The molecule has 5 heteroatoms. The van der Waals surface area contributed by atoms with Crippen molar-refractivity contribution in [2.45, 2.75) is 52.4 Å². The summed E-state index contributed by atoms with van der Waals surface area (Å²) < 4.78 is 0. The van der Waals surface area contributed by atoms with Crippen molar-refractivity contribution in [2.24, 2.45) is 5.41 Å². The van der Waals surface area contributed by atoms with Gasteiger partial charge in [-0.2, -0.15) is 0 Å². The van der Waals surface area contributed by atoms with E-state index in [0.717, 1.165) is 22.3 Å². The molecule has 2 fully saturated rings. The fourth-order valence-corrected chi connectivity index (χ4v) is 4.99. The monoisotopic (exact) mass is 399 g/mol. The Balaban J connectivity index is 1.82. The molecule has 1 aliphatic carbocycles. The first kappa shape index (κ1) is 20.6. The van der Waals surface area contributed by atoms with Crippen molar-refractivity contribution in [3.05, 3.63) is 34.4 Å². The Morgan fingerprint density at radius 1 is 1.14 bits per heavy atom. The minimum atomic E-state index is -0.670. The number of carbonyl (C=O) groups is 3. The third-order valence-corrected chi connectivity index (χ3v) is 6.41. The molecule has 0 N–H and O–H groups in total. The van der Waals surface area contributed by atoms with Crippen molar-refractivity contribution in [3.8, 4) is 11.8 Å². The Morgan fingerprint density at radius 2 is 1.68 bits per heavy atom. The molecule has 1 spiro atoms. The first-order chi connectivity index (χ1) is 13.3. The molecule has 4 nitrogen and oxygen atoms in total. The summed E-state index contributed by atoms with van der Waals surface area (Å²) in [5, 5.41) is 0. The highest BCUT2D eigenvalue weighted by molar-refractivity contribution is 6.27. The quantitative estimate of drug-likeness (QED) is 0.434. The van der Waals surface area contributed by atoms with Crippen LogP contribution in [0.25, 0.3) is 0 Å². The van der Waals surface area contributed by atoms with Crippen LogP contribution in [0.2, 0.25) is 0 Å². The van der Waals surface area contributed by atoms with Crippen LogP contribution in [0.15, 0.2) is 12.1 Å². The zero-order valence-electron chi connectivity index (χ0n) is 16.7. The number of Topliss-reactive ketones (excluding diaryl/α,β-unsaturated/α-hetero) is 2. The zero-order valence-corrected chi connectivity index (χ0v) is 17.5. The van der Waals surface area contributed by atoms with Crippen LogP contribution in [0, 0.1) is 31.1 Å². The topological polar surface area (TPSA) is 54.5 Å². The average molecular weight is 400 g/mol. The summed E-state index contributed by atoms with van der Waals surface area (Å²) in [6.07, 6.45) is 2.18. The fraction of sp³-hybridized carbons (Fsp3) is 0.522. The summed E-state index contributed by atoms with van der Waals surface area (Å²) in [4.78, 5) is 39.8. The van der Waals surface area contributed by atoms with Gasteiger partial charge in [-0.05, 0) is 67.9 Å². The van der Waals surface area contributed by atoms with Gasteiger partial charge < -0.3 is 4.90 Å². The highest BCUT2D eigenvalue weighted by atomic mass is 35.5. The van der Waals surface area contributed by atoms with Gasteiger partial charge in [0.25, 0.3) is 0 Å². The van der Waals surface area contributed by atoms with E-state index in [1.165, 1.54) is 0 Å². The summed E-state index contributed by atoms with van der Waals surface area (Å²) >= 11 is 5.65. The van der Waals surface area contributed by atoms with Crippen LogP contribution in [0.3, 0.4) is 0 Å². The van der Waals surface area contributed by atoms with E-state index in [9.17, 15) is 14.4 Å². The van der Waals surface area contributed by atoms with Crippen LogP contribution in [0.4, 0.5) is 0 Å². The molecule has 1 aromatic carbocycles. The Hall–Kier alpha value is -2.12. The summed E-state index contributed by atoms with van der Waals surface area (Å²) in [5.74, 6) is 5.18. The number of alkyl halides is 1. The van der Waals surface area contributed by atoms with Crippen molar-refractivity contribution >= 4 is 29.1 Å². The maximum absolute atomic E-state index is 13.1. The lowest BCUT2D eigenvalue weighted by Crippen LogP contribution is -2.48. The number of piperidine rings is 1. The average Bonchev–Trinajstić information content (AvgIpc) is 2.63. The summed E-state index contributed by atoms with van der Waals surface area (Å²) in [6, 6.07) is 3.92. The first-order valence-electron chi connectivity index (χ1n) is 9.73. The summed E-state index contributed by atoms with van der Waals surface area (Å²) in [7, 11) is 0. The molecular weight excluding hydrogens is 374 g/mol. The van der Waals surface area contributed by atoms with Gasteiger partial charge >= 0.3 is 0 Å². The lowest BCUT2D eigenvalue weighted by Gasteiger charge is -2.44. The molecule has 0 bridgehead atoms. The van der Waals surface area contributed by atoms with E-state index in [4.69, 9.17) is 11.6 Å². The number of aryl methyl sites for hydroxylation is 2. The van der Waals surface area contributed by atoms with Crippen molar-refractivity contribution < 1.29 is 14.4 Å². The molecule has 28 heavy (non-hydrogen) atoms. The second-order valence-corrected chi connectivity index (χ2v) is 8.40. The van der Waals surface area contributed by atoms with Gasteiger partial charge in [-0.25, -0.2) is 0 Å². The highest BCUT2D eigenvalue weighted by Crippen LogP contribution is 2.46.